The highest BCUT2D eigenvalue weighted by Crippen LogP contribution is 2.17. The van der Waals surface area contributed by atoms with E-state index < -0.39 is 0 Å². The number of primary amides is 1. The zero-order valence-corrected chi connectivity index (χ0v) is 9.94. The smallest absolute Gasteiger partial charge is 0.234 e. The minimum atomic E-state index is -0.299. The van der Waals surface area contributed by atoms with Crippen molar-refractivity contribution < 1.29 is 4.79 Å². The predicted molar refractivity (Wildman–Crippen MR) is 66.1 cm³/mol. The van der Waals surface area contributed by atoms with Crippen molar-refractivity contribution in [3.05, 3.63) is 35.9 Å². The molecule has 1 amide bonds. The van der Waals surface area contributed by atoms with Gasteiger partial charge in [0.1, 0.15) is 0 Å². The van der Waals surface area contributed by atoms with Gasteiger partial charge in [-0.2, -0.15) is 0 Å². The molecule has 0 aromatic heterocycles. The van der Waals surface area contributed by atoms with Crippen LogP contribution in [0.4, 0.5) is 0 Å². The second kappa shape index (κ2) is 6.28. The average Bonchev–Trinajstić information content (AvgIpc) is 2.29. The van der Waals surface area contributed by atoms with Gasteiger partial charge in [0.25, 0.3) is 0 Å². The fourth-order valence-corrected chi connectivity index (χ4v) is 1.57. The van der Waals surface area contributed by atoms with E-state index in [1.54, 1.807) is 6.92 Å². The molecule has 0 aliphatic rings. The summed E-state index contributed by atoms with van der Waals surface area (Å²) in [6, 6.07) is 10.1. The summed E-state index contributed by atoms with van der Waals surface area (Å²) in [5, 5.41) is 3.11. The van der Waals surface area contributed by atoms with Gasteiger partial charge < -0.3 is 11.1 Å². The van der Waals surface area contributed by atoms with Crippen LogP contribution in [0.1, 0.15) is 31.7 Å². The highest BCUT2D eigenvalue weighted by molar-refractivity contribution is 5.79. The molecular formula is C13H20N2O. The van der Waals surface area contributed by atoms with Gasteiger partial charge in [0.15, 0.2) is 0 Å². The SMILES string of the molecule is CC(NCCC(C)c1ccccc1)C(N)=O. The molecule has 3 heteroatoms. The topological polar surface area (TPSA) is 55.1 Å². The molecule has 3 nitrogen and oxygen atoms in total. The molecule has 0 saturated carbocycles. The molecule has 1 aromatic rings. The fraction of sp³-hybridized carbons (Fsp3) is 0.462. The molecule has 0 bridgehead atoms. The summed E-state index contributed by atoms with van der Waals surface area (Å²) in [4.78, 5) is 10.8. The quantitative estimate of drug-likeness (QED) is 0.765. The van der Waals surface area contributed by atoms with E-state index in [9.17, 15) is 4.79 Å². The van der Waals surface area contributed by atoms with Crippen LogP contribution in [0.15, 0.2) is 30.3 Å². The zero-order valence-electron chi connectivity index (χ0n) is 9.94. The van der Waals surface area contributed by atoms with Crippen molar-refractivity contribution in [2.75, 3.05) is 6.54 Å². The van der Waals surface area contributed by atoms with Gasteiger partial charge in [0.05, 0.1) is 6.04 Å². The summed E-state index contributed by atoms with van der Waals surface area (Å²) >= 11 is 0. The van der Waals surface area contributed by atoms with E-state index >= 15 is 0 Å². The lowest BCUT2D eigenvalue weighted by Gasteiger charge is -2.14. The Morgan fingerprint density at radius 2 is 1.94 bits per heavy atom. The van der Waals surface area contributed by atoms with Crippen LogP contribution >= 0.6 is 0 Å². The Bertz CT molecular complexity index is 324. The van der Waals surface area contributed by atoms with E-state index in [0.717, 1.165) is 13.0 Å². The molecule has 0 fully saturated rings. The molecule has 0 spiro atoms. The van der Waals surface area contributed by atoms with Crippen molar-refractivity contribution >= 4 is 5.91 Å². The van der Waals surface area contributed by atoms with Gasteiger partial charge in [-0.25, -0.2) is 0 Å². The van der Waals surface area contributed by atoms with Crippen LogP contribution in [0.5, 0.6) is 0 Å². The zero-order chi connectivity index (χ0) is 12.0. The molecule has 0 heterocycles. The van der Waals surface area contributed by atoms with Gasteiger partial charge in [-0.3, -0.25) is 4.79 Å². The molecule has 1 rings (SSSR count). The number of hydrogen-bond acceptors (Lipinski definition) is 2. The van der Waals surface area contributed by atoms with E-state index in [0.29, 0.717) is 5.92 Å². The van der Waals surface area contributed by atoms with E-state index in [1.807, 2.05) is 18.2 Å². The van der Waals surface area contributed by atoms with Crippen molar-refractivity contribution in [3.8, 4) is 0 Å². The molecule has 0 radical (unpaired) electrons. The second-order valence-corrected chi connectivity index (χ2v) is 4.18. The maximum Gasteiger partial charge on any atom is 0.234 e. The Labute approximate surface area is 97.0 Å². The summed E-state index contributed by atoms with van der Waals surface area (Å²) in [7, 11) is 0. The van der Waals surface area contributed by atoms with Crippen LogP contribution in [0.2, 0.25) is 0 Å². The van der Waals surface area contributed by atoms with Crippen LogP contribution in [0.25, 0.3) is 0 Å². The van der Waals surface area contributed by atoms with Gasteiger partial charge in [0.2, 0.25) is 5.91 Å². The van der Waals surface area contributed by atoms with Gasteiger partial charge in [-0.15, -0.1) is 0 Å². The molecule has 2 unspecified atom stereocenters. The number of rotatable bonds is 6. The normalized spacial score (nSPS) is 14.4. The van der Waals surface area contributed by atoms with Crippen LogP contribution in [0, 0.1) is 0 Å². The van der Waals surface area contributed by atoms with Gasteiger partial charge >= 0.3 is 0 Å². The Morgan fingerprint density at radius 1 is 1.31 bits per heavy atom. The van der Waals surface area contributed by atoms with Crippen molar-refractivity contribution in [1.82, 2.24) is 5.32 Å². The fourth-order valence-electron chi connectivity index (χ4n) is 1.57. The number of hydrogen-bond donors (Lipinski definition) is 2. The van der Waals surface area contributed by atoms with Crippen LogP contribution in [0.3, 0.4) is 0 Å². The van der Waals surface area contributed by atoms with E-state index in [1.165, 1.54) is 5.56 Å². The largest absolute Gasteiger partial charge is 0.368 e. The highest BCUT2D eigenvalue weighted by atomic mass is 16.1. The van der Waals surface area contributed by atoms with E-state index in [-0.39, 0.29) is 11.9 Å². The molecule has 0 saturated heterocycles. The highest BCUT2D eigenvalue weighted by Gasteiger charge is 2.09. The van der Waals surface area contributed by atoms with E-state index in [4.69, 9.17) is 5.73 Å². The third-order valence-corrected chi connectivity index (χ3v) is 2.82. The molecule has 16 heavy (non-hydrogen) atoms. The lowest BCUT2D eigenvalue weighted by Crippen LogP contribution is -2.39. The number of amides is 1. The maximum absolute atomic E-state index is 10.8. The third kappa shape index (κ3) is 4.03. The standard InChI is InChI=1S/C13H20N2O/c1-10(12-6-4-3-5-7-12)8-9-15-11(2)13(14)16/h3-7,10-11,15H,8-9H2,1-2H3,(H2,14,16). The first-order valence-corrected chi connectivity index (χ1v) is 5.69. The summed E-state index contributed by atoms with van der Waals surface area (Å²) in [5.41, 5.74) is 6.49. The minimum Gasteiger partial charge on any atom is -0.368 e. The molecule has 1 aromatic carbocycles. The molecule has 2 atom stereocenters. The lowest BCUT2D eigenvalue weighted by molar-refractivity contribution is -0.119. The van der Waals surface area contributed by atoms with Crippen molar-refractivity contribution in [2.24, 2.45) is 5.73 Å². The van der Waals surface area contributed by atoms with Crippen LogP contribution < -0.4 is 11.1 Å². The van der Waals surface area contributed by atoms with Crippen LogP contribution in [-0.2, 0) is 4.79 Å². The van der Waals surface area contributed by atoms with E-state index in [2.05, 4.69) is 24.4 Å². The third-order valence-electron chi connectivity index (χ3n) is 2.82. The molecular weight excluding hydrogens is 200 g/mol. The minimum absolute atomic E-state index is 0.247. The summed E-state index contributed by atoms with van der Waals surface area (Å²) < 4.78 is 0. The van der Waals surface area contributed by atoms with Crippen molar-refractivity contribution in [2.45, 2.75) is 32.2 Å². The summed E-state index contributed by atoms with van der Waals surface area (Å²) in [6.07, 6.45) is 1.00. The number of carbonyl (C=O) groups excluding carboxylic acids is 1. The number of nitrogens with two attached hydrogens (primary N) is 1. The average molecular weight is 220 g/mol. The Kier molecular flexibility index (Phi) is 4.99. The van der Waals surface area contributed by atoms with Gasteiger partial charge in [-0.1, -0.05) is 37.3 Å². The van der Waals surface area contributed by atoms with Crippen molar-refractivity contribution in [1.29, 1.82) is 0 Å². The molecule has 88 valence electrons. The monoisotopic (exact) mass is 220 g/mol. The Balaban J connectivity index is 2.31. The number of carbonyl (C=O) groups is 1. The first kappa shape index (κ1) is 12.7. The lowest BCUT2D eigenvalue weighted by atomic mass is 9.98. The molecule has 3 N–H and O–H groups in total. The molecule has 0 aliphatic heterocycles. The van der Waals surface area contributed by atoms with Crippen LogP contribution in [-0.4, -0.2) is 18.5 Å². The number of nitrogens with one attached hydrogen (secondary N) is 1. The predicted octanol–water partition coefficient (Wildman–Crippen LogP) is 1.64. The Morgan fingerprint density at radius 3 is 2.50 bits per heavy atom. The maximum atomic E-state index is 10.8. The summed E-state index contributed by atoms with van der Waals surface area (Å²) in [5.74, 6) is 0.196. The molecule has 0 aliphatic carbocycles. The first-order chi connectivity index (χ1) is 7.61. The Hall–Kier alpha value is -1.35. The van der Waals surface area contributed by atoms with Gasteiger partial charge in [-0.05, 0) is 31.4 Å². The van der Waals surface area contributed by atoms with Gasteiger partial charge in [0, 0.05) is 0 Å². The number of benzene rings is 1. The first-order valence-electron chi connectivity index (χ1n) is 5.69. The second-order valence-electron chi connectivity index (χ2n) is 4.18. The summed E-state index contributed by atoms with van der Waals surface area (Å²) in [6.45, 7) is 4.78. The van der Waals surface area contributed by atoms with Crippen molar-refractivity contribution in [3.63, 3.8) is 0 Å².